The number of benzene rings is 2. The highest BCUT2D eigenvalue weighted by atomic mass is 35.5. The summed E-state index contributed by atoms with van der Waals surface area (Å²) in [6.45, 7) is 0.164. The van der Waals surface area contributed by atoms with Crippen molar-refractivity contribution in [3.05, 3.63) is 73.8 Å². The number of amides is 1. The van der Waals surface area contributed by atoms with Crippen LogP contribution in [0.15, 0.2) is 42.5 Å². The van der Waals surface area contributed by atoms with Crippen LogP contribution in [0.1, 0.15) is 11.1 Å². The van der Waals surface area contributed by atoms with Crippen molar-refractivity contribution >= 4 is 34.8 Å². The molecule has 0 heterocycles. The van der Waals surface area contributed by atoms with E-state index in [9.17, 15) is 14.9 Å². The number of nitro benzene ring substituents is 1. The molecule has 0 saturated heterocycles. The molecule has 2 aromatic carbocycles. The number of likely N-dealkylation sites (N-methyl/N-ethyl adjacent to an activating group) is 1. The van der Waals surface area contributed by atoms with Crippen LogP contribution in [0.25, 0.3) is 0 Å². The van der Waals surface area contributed by atoms with Crippen LogP contribution >= 0.6 is 23.2 Å². The molecule has 0 unspecified atom stereocenters. The molecule has 0 aliphatic rings. The van der Waals surface area contributed by atoms with Crippen LogP contribution in [0.3, 0.4) is 0 Å². The van der Waals surface area contributed by atoms with E-state index >= 15 is 0 Å². The van der Waals surface area contributed by atoms with Crippen LogP contribution in [0.5, 0.6) is 0 Å². The Morgan fingerprint density at radius 2 is 1.87 bits per heavy atom. The average molecular weight is 353 g/mol. The number of hydrogen-bond donors (Lipinski definition) is 0. The van der Waals surface area contributed by atoms with Crippen molar-refractivity contribution in [3.8, 4) is 0 Å². The second-order valence-corrected chi connectivity index (χ2v) is 5.88. The predicted molar refractivity (Wildman–Crippen MR) is 89.7 cm³/mol. The van der Waals surface area contributed by atoms with Crippen LogP contribution < -0.4 is 0 Å². The first-order valence-electron chi connectivity index (χ1n) is 6.78. The molecule has 1 amide bonds. The third-order valence-corrected chi connectivity index (χ3v) is 4.10. The van der Waals surface area contributed by atoms with Gasteiger partial charge in [0.2, 0.25) is 5.91 Å². The Morgan fingerprint density at radius 1 is 1.17 bits per heavy atom. The fraction of sp³-hybridized carbons (Fsp3) is 0.188. The Balaban J connectivity index is 2.08. The van der Waals surface area contributed by atoms with E-state index in [4.69, 9.17) is 23.2 Å². The zero-order valence-corrected chi connectivity index (χ0v) is 13.8. The van der Waals surface area contributed by atoms with Crippen LogP contribution in [0.2, 0.25) is 10.0 Å². The van der Waals surface area contributed by atoms with E-state index in [1.165, 1.54) is 11.0 Å². The number of carbonyl (C=O) groups is 1. The molecule has 0 atom stereocenters. The van der Waals surface area contributed by atoms with Gasteiger partial charge in [0, 0.05) is 18.7 Å². The van der Waals surface area contributed by atoms with Crippen LogP contribution in [-0.4, -0.2) is 22.8 Å². The molecule has 0 aromatic heterocycles. The Labute approximate surface area is 143 Å². The number of carbonyl (C=O) groups excluding carboxylic acids is 1. The fourth-order valence-corrected chi connectivity index (χ4v) is 2.45. The summed E-state index contributed by atoms with van der Waals surface area (Å²) in [5, 5.41) is 11.8. The van der Waals surface area contributed by atoms with E-state index in [1.807, 2.05) is 0 Å². The smallest absolute Gasteiger partial charge is 0.274 e. The van der Waals surface area contributed by atoms with Crippen molar-refractivity contribution in [2.24, 2.45) is 0 Å². The molecule has 120 valence electrons. The molecule has 23 heavy (non-hydrogen) atoms. The van der Waals surface area contributed by atoms with Crippen LogP contribution in [-0.2, 0) is 17.8 Å². The lowest BCUT2D eigenvalue weighted by atomic mass is 10.1. The molecule has 0 aliphatic heterocycles. The number of rotatable bonds is 5. The van der Waals surface area contributed by atoms with Crippen LogP contribution in [0, 0.1) is 10.1 Å². The summed E-state index contributed by atoms with van der Waals surface area (Å²) < 4.78 is 0. The molecule has 0 aliphatic carbocycles. The molecule has 5 nitrogen and oxygen atoms in total. The number of para-hydroxylation sites is 1. The quantitative estimate of drug-likeness (QED) is 0.600. The molecule has 2 aromatic rings. The van der Waals surface area contributed by atoms with E-state index in [0.29, 0.717) is 15.6 Å². The third kappa shape index (κ3) is 4.43. The third-order valence-electron chi connectivity index (χ3n) is 3.36. The highest BCUT2D eigenvalue weighted by Crippen LogP contribution is 2.23. The second-order valence-electron chi connectivity index (χ2n) is 5.06. The van der Waals surface area contributed by atoms with E-state index in [0.717, 1.165) is 5.56 Å². The normalized spacial score (nSPS) is 10.4. The lowest BCUT2D eigenvalue weighted by molar-refractivity contribution is -0.385. The first-order chi connectivity index (χ1) is 10.9. The fourth-order valence-electron chi connectivity index (χ4n) is 2.13. The van der Waals surface area contributed by atoms with Gasteiger partial charge in [-0.2, -0.15) is 0 Å². The largest absolute Gasteiger partial charge is 0.341 e. The number of nitrogens with zero attached hydrogens (tertiary/aromatic N) is 2. The maximum Gasteiger partial charge on any atom is 0.274 e. The van der Waals surface area contributed by atoms with Crippen molar-refractivity contribution in [1.29, 1.82) is 0 Å². The summed E-state index contributed by atoms with van der Waals surface area (Å²) in [6, 6.07) is 11.4. The summed E-state index contributed by atoms with van der Waals surface area (Å²) in [5.41, 5.74) is 1.22. The molecule has 0 saturated carbocycles. The first kappa shape index (κ1) is 17.2. The van der Waals surface area contributed by atoms with Gasteiger partial charge in [-0.05, 0) is 17.7 Å². The highest BCUT2D eigenvalue weighted by molar-refractivity contribution is 6.42. The molecule has 7 heteroatoms. The van der Waals surface area contributed by atoms with Gasteiger partial charge < -0.3 is 4.90 Å². The Kier molecular flexibility index (Phi) is 5.58. The lowest BCUT2D eigenvalue weighted by Crippen LogP contribution is -2.28. The van der Waals surface area contributed by atoms with E-state index in [2.05, 4.69) is 0 Å². The minimum atomic E-state index is -0.452. The van der Waals surface area contributed by atoms with Gasteiger partial charge in [0.15, 0.2) is 0 Å². The number of hydrogen-bond acceptors (Lipinski definition) is 3. The average Bonchev–Trinajstić information content (AvgIpc) is 2.51. The second kappa shape index (κ2) is 7.44. The van der Waals surface area contributed by atoms with Gasteiger partial charge in [0.25, 0.3) is 5.69 Å². The van der Waals surface area contributed by atoms with Crippen LogP contribution in [0.4, 0.5) is 5.69 Å². The molecule has 2 rings (SSSR count). The molecular weight excluding hydrogens is 339 g/mol. The highest BCUT2D eigenvalue weighted by Gasteiger charge is 2.17. The molecule has 0 N–H and O–H groups in total. The van der Waals surface area contributed by atoms with Gasteiger partial charge in [-0.15, -0.1) is 0 Å². The summed E-state index contributed by atoms with van der Waals surface area (Å²) in [6.07, 6.45) is 0.147. The topological polar surface area (TPSA) is 63.4 Å². The van der Waals surface area contributed by atoms with Gasteiger partial charge >= 0.3 is 0 Å². The molecular formula is C16H14Cl2N2O3. The monoisotopic (exact) mass is 352 g/mol. The SMILES string of the molecule is CN(Cc1ccccc1[N+](=O)[O-])C(=O)Cc1ccc(Cl)c(Cl)c1. The van der Waals surface area contributed by atoms with Crippen molar-refractivity contribution in [2.75, 3.05) is 7.05 Å². The van der Waals surface area contributed by atoms with Gasteiger partial charge in [0.05, 0.1) is 27.9 Å². The molecule has 0 bridgehead atoms. The summed E-state index contributed by atoms with van der Waals surface area (Å²) >= 11 is 11.8. The van der Waals surface area contributed by atoms with Crippen molar-refractivity contribution < 1.29 is 9.72 Å². The zero-order valence-electron chi connectivity index (χ0n) is 12.3. The van der Waals surface area contributed by atoms with Gasteiger partial charge in [-0.1, -0.05) is 47.5 Å². The number of nitro groups is 1. The molecule has 0 radical (unpaired) electrons. The van der Waals surface area contributed by atoms with Crippen molar-refractivity contribution in [2.45, 2.75) is 13.0 Å². The lowest BCUT2D eigenvalue weighted by Gasteiger charge is -2.17. The zero-order chi connectivity index (χ0) is 17.0. The summed E-state index contributed by atoms with van der Waals surface area (Å²) in [7, 11) is 1.61. The van der Waals surface area contributed by atoms with E-state index in [1.54, 1.807) is 43.4 Å². The standard InChI is InChI=1S/C16H14Cl2N2O3/c1-19(10-12-4-2-3-5-15(12)20(22)23)16(21)9-11-6-7-13(17)14(18)8-11/h2-8H,9-10H2,1H3. The minimum absolute atomic E-state index is 0.00156. The van der Waals surface area contributed by atoms with E-state index < -0.39 is 4.92 Å². The Morgan fingerprint density at radius 3 is 2.52 bits per heavy atom. The maximum absolute atomic E-state index is 12.3. The molecule has 0 spiro atoms. The first-order valence-corrected chi connectivity index (χ1v) is 7.54. The van der Waals surface area contributed by atoms with Gasteiger partial charge in [-0.3, -0.25) is 14.9 Å². The van der Waals surface area contributed by atoms with Crippen molar-refractivity contribution in [3.63, 3.8) is 0 Å². The molecule has 0 fully saturated rings. The van der Waals surface area contributed by atoms with Crippen molar-refractivity contribution in [1.82, 2.24) is 4.90 Å². The van der Waals surface area contributed by atoms with Gasteiger partial charge in [0.1, 0.15) is 0 Å². The minimum Gasteiger partial charge on any atom is -0.341 e. The predicted octanol–water partition coefficient (Wildman–Crippen LogP) is 4.10. The van der Waals surface area contributed by atoms with Gasteiger partial charge in [-0.25, -0.2) is 0 Å². The number of halogens is 2. The Bertz CT molecular complexity index is 750. The maximum atomic E-state index is 12.3. The summed E-state index contributed by atoms with van der Waals surface area (Å²) in [4.78, 5) is 24.3. The summed E-state index contributed by atoms with van der Waals surface area (Å²) in [5.74, 6) is -0.165. The Hall–Kier alpha value is -2.11. The van der Waals surface area contributed by atoms with E-state index in [-0.39, 0.29) is 24.6 Å².